The lowest BCUT2D eigenvalue weighted by Gasteiger charge is -2.36. The minimum absolute atomic E-state index is 0.284. The van der Waals surface area contributed by atoms with E-state index in [0.29, 0.717) is 34.8 Å². The Morgan fingerprint density at radius 3 is 2.45 bits per heavy atom. The molecule has 0 bridgehead atoms. The van der Waals surface area contributed by atoms with Gasteiger partial charge in [0, 0.05) is 41.4 Å². The van der Waals surface area contributed by atoms with Gasteiger partial charge in [0.15, 0.2) is 0 Å². The van der Waals surface area contributed by atoms with Gasteiger partial charge in [-0.2, -0.15) is 5.10 Å². The number of benzene rings is 2. The Morgan fingerprint density at radius 1 is 1.00 bits per heavy atom. The summed E-state index contributed by atoms with van der Waals surface area (Å²) in [4.78, 5) is 12.6. The molecule has 2 aromatic carbocycles. The van der Waals surface area contributed by atoms with Crippen LogP contribution in [0.4, 0.5) is 10.2 Å². The van der Waals surface area contributed by atoms with Gasteiger partial charge >= 0.3 is 0 Å². The number of pyridine rings is 1. The van der Waals surface area contributed by atoms with Crippen LogP contribution < -0.4 is 19.5 Å². The molecule has 1 fully saturated rings. The van der Waals surface area contributed by atoms with Crippen LogP contribution in [0.5, 0.6) is 17.2 Å². The number of aromatic nitrogens is 5. The summed E-state index contributed by atoms with van der Waals surface area (Å²) >= 11 is 3.26. The quantitative estimate of drug-likeness (QED) is 0.233. The Balaban J connectivity index is 0.000000255. The third-order valence-electron chi connectivity index (χ3n) is 6.47. The molecule has 40 heavy (non-hydrogen) atoms. The Hall–Kier alpha value is -4.03. The van der Waals surface area contributed by atoms with Crippen LogP contribution in [0.3, 0.4) is 0 Å². The van der Waals surface area contributed by atoms with E-state index in [9.17, 15) is 9.50 Å². The van der Waals surface area contributed by atoms with Crippen molar-refractivity contribution in [2.45, 2.75) is 31.4 Å². The molecule has 2 aromatic heterocycles. The Labute approximate surface area is 239 Å². The summed E-state index contributed by atoms with van der Waals surface area (Å²) in [7, 11) is 4.62. The zero-order valence-electron chi connectivity index (χ0n) is 22.3. The number of nitrogens with one attached hydrogen (secondary N) is 2. The van der Waals surface area contributed by atoms with Crippen LogP contribution in [-0.4, -0.2) is 51.6 Å². The second-order valence-corrected chi connectivity index (χ2v) is 9.71. The normalized spacial score (nSPS) is 13.2. The minimum Gasteiger partial charge on any atom is -0.497 e. The molecule has 12 heteroatoms. The summed E-state index contributed by atoms with van der Waals surface area (Å²) in [6.07, 6.45) is 7.29. The first-order valence-corrected chi connectivity index (χ1v) is 13.2. The first-order chi connectivity index (χ1) is 19.4. The van der Waals surface area contributed by atoms with Gasteiger partial charge in [0.05, 0.1) is 26.9 Å². The fourth-order valence-corrected chi connectivity index (χ4v) is 4.36. The van der Waals surface area contributed by atoms with Crippen LogP contribution >= 0.6 is 15.9 Å². The van der Waals surface area contributed by atoms with Crippen LogP contribution in [0.25, 0.3) is 10.9 Å². The summed E-state index contributed by atoms with van der Waals surface area (Å²) in [6.45, 7) is 0.370. The number of halogens is 2. The molecule has 2 heterocycles. The summed E-state index contributed by atoms with van der Waals surface area (Å²) < 4.78 is 30.8. The second kappa shape index (κ2) is 13.4. The average Bonchev–Trinajstić information content (AvgIpc) is 3.05. The Kier molecular flexibility index (Phi) is 9.67. The van der Waals surface area contributed by atoms with E-state index in [1.165, 1.54) is 31.9 Å². The van der Waals surface area contributed by atoms with E-state index in [1.54, 1.807) is 26.5 Å². The van der Waals surface area contributed by atoms with Gasteiger partial charge in [-0.3, -0.25) is 5.10 Å². The van der Waals surface area contributed by atoms with Crippen LogP contribution in [-0.2, 0) is 12.1 Å². The molecule has 1 saturated carbocycles. The summed E-state index contributed by atoms with van der Waals surface area (Å²) in [5.41, 5.74) is 1.66. The van der Waals surface area contributed by atoms with Gasteiger partial charge < -0.3 is 24.6 Å². The lowest BCUT2D eigenvalue weighted by molar-refractivity contribution is -0.0390. The largest absolute Gasteiger partial charge is 0.497 e. The zero-order valence-corrected chi connectivity index (χ0v) is 23.9. The summed E-state index contributed by atoms with van der Waals surface area (Å²) in [5.74, 6) is 1.54. The fraction of sp³-hybridized carbons (Fsp3) is 0.286. The number of rotatable bonds is 7. The van der Waals surface area contributed by atoms with Gasteiger partial charge in [-0.05, 0) is 59.5 Å². The average molecular weight is 613 g/mol. The van der Waals surface area contributed by atoms with Crippen LogP contribution in [0, 0.1) is 5.82 Å². The number of fused-ring (bicyclic) bond motifs is 1. The molecule has 210 valence electrons. The highest BCUT2D eigenvalue weighted by atomic mass is 79.9. The molecule has 0 unspecified atom stereocenters. The van der Waals surface area contributed by atoms with E-state index in [-0.39, 0.29) is 5.75 Å². The molecule has 1 aliphatic carbocycles. The van der Waals surface area contributed by atoms with Crippen molar-refractivity contribution in [1.82, 2.24) is 25.1 Å². The smallest absolute Gasteiger partial charge is 0.148 e. The number of hydrogen-bond acceptors (Lipinski definition) is 9. The van der Waals surface area contributed by atoms with Gasteiger partial charge in [-0.15, -0.1) is 0 Å². The molecule has 10 nitrogen and oxygen atoms in total. The van der Waals surface area contributed by atoms with E-state index in [4.69, 9.17) is 14.2 Å². The maximum atomic E-state index is 14.1. The topological polar surface area (TPSA) is 127 Å². The fourth-order valence-electron chi connectivity index (χ4n) is 4.13. The third kappa shape index (κ3) is 6.93. The van der Waals surface area contributed by atoms with Gasteiger partial charge in [-0.1, -0.05) is 6.07 Å². The molecule has 1 aliphatic rings. The molecule has 0 amide bonds. The highest BCUT2D eigenvalue weighted by Gasteiger charge is 2.36. The van der Waals surface area contributed by atoms with Crippen molar-refractivity contribution in [3.63, 3.8) is 0 Å². The number of ether oxygens (including phenoxy) is 3. The Morgan fingerprint density at radius 2 is 1.80 bits per heavy atom. The standard InChI is InChI=1S/C19H20FN5O3.C9H10BrNO/c1-26-14-5-4-12(16(8-14)27-2)9-21-19-15-6-13(20)7-17(28-3)18(15)22-10-24-25-11-23-19;10-8-3-2-7(6-11-8)9(12)4-1-5-9/h4-8,10-11H,9H2,1-3H3,(H,22,24)(H,21,23,25);2-3,6,12H,1,4-5H2. The molecule has 0 aliphatic heterocycles. The number of hydrogen-bond donors (Lipinski definition) is 3. The zero-order chi connectivity index (χ0) is 28.5. The maximum absolute atomic E-state index is 14.1. The third-order valence-corrected chi connectivity index (χ3v) is 6.94. The van der Waals surface area contributed by atoms with E-state index < -0.39 is 11.4 Å². The minimum atomic E-state index is -0.576. The molecule has 0 saturated heterocycles. The van der Waals surface area contributed by atoms with E-state index in [1.807, 2.05) is 24.3 Å². The summed E-state index contributed by atoms with van der Waals surface area (Å²) in [6, 6.07) is 11.9. The summed E-state index contributed by atoms with van der Waals surface area (Å²) in [5, 5.41) is 20.1. The van der Waals surface area contributed by atoms with Gasteiger partial charge in [0.1, 0.15) is 51.7 Å². The van der Waals surface area contributed by atoms with Crippen LogP contribution in [0.1, 0.15) is 30.4 Å². The number of anilines is 1. The van der Waals surface area contributed by atoms with Gasteiger partial charge in [-0.25, -0.2) is 19.3 Å². The van der Waals surface area contributed by atoms with Crippen molar-refractivity contribution in [3.8, 4) is 17.2 Å². The predicted molar refractivity (Wildman–Crippen MR) is 152 cm³/mol. The van der Waals surface area contributed by atoms with E-state index in [2.05, 4.69) is 46.4 Å². The SMILES string of the molecule is COc1ccc(CNc2ncn[nH]cnc3c(OC)cc(F)cc23)c(OC)c1.OC1(c2ccc(Br)nc2)CCC1. The molecule has 0 atom stereocenters. The molecule has 5 rings (SSSR count). The van der Waals surface area contributed by atoms with Crippen molar-refractivity contribution in [2.75, 3.05) is 26.6 Å². The lowest BCUT2D eigenvalue weighted by Crippen LogP contribution is -2.33. The molecule has 0 radical (unpaired) electrons. The number of nitrogens with zero attached hydrogens (tertiary/aromatic N) is 4. The van der Waals surface area contributed by atoms with Crippen molar-refractivity contribution >= 4 is 32.7 Å². The first-order valence-electron chi connectivity index (χ1n) is 12.4. The number of aromatic amines is 1. The van der Waals surface area contributed by atoms with Crippen LogP contribution in [0.15, 0.2) is 65.9 Å². The van der Waals surface area contributed by atoms with E-state index in [0.717, 1.165) is 35.0 Å². The number of H-pyrrole nitrogens is 1. The van der Waals surface area contributed by atoms with Crippen LogP contribution in [0.2, 0.25) is 0 Å². The molecule has 3 N–H and O–H groups in total. The Bertz CT molecular complexity index is 1500. The number of methoxy groups -OCH3 is 3. The van der Waals surface area contributed by atoms with Gasteiger partial charge in [0.2, 0.25) is 0 Å². The van der Waals surface area contributed by atoms with Crippen molar-refractivity contribution in [1.29, 1.82) is 0 Å². The van der Waals surface area contributed by atoms with Crippen molar-refractivity contribution in [3.05, 3.63) is 82.9 Å². The highest BCUT2D eigenvalue weighted by Crippen LogP contribution is 2.40. The second-order valence-electron chi connectivity index (χ2n) is 8.90. The predicted octanol–water partition coefficient (Wildman–Crippen LogP) is 5.47. The maximum Gasteiger partial charge on any atom is 0.148 e. The van der Waals surface area contributed by atoms with Gasteiger partial charge in [0.25, 0.3) is 0 Å². The van der Waals surface area contributed by atoms with Crippen molar-refractivity contribution in [2.24, 2.45) is 0 Å². The first kappa shape index (κ1) is 29.0. The number of aliphatic hydroxyl groups is 1. The highest BCUT2D eigenvalue weighted by molar-refractivity contribution is 9.10. The molecule has 4 aromatic rings. The lowest BCUT2D eigenvalue weighted by atomic mass is 9.76. The monoisotopic (exact) mass is 612 g/mol. The molecule has 0 spiro atoms. The molecular weight excluding hydrogens is 583 g/mol. The molecular formula is C28H30BrFN6O4. The van der Waals surface area contributed by atoms with Crippen molar-refractivity contribution < 1.29 is 23.7 Å². The van der Waals surface area contributed by atoms with E-state index >= 15 is 0 Å².